The first-order chi connectivity index (χ1) is 10.5. The third-order valence-corrected chi connectivity index (χ3v) is 4.18. The molecule has 0 radical (unpaired) electrons. The molecule has 0 aromatic heterocycles. The van der Waals surface area contributed by atoms with Gasteiger partial charge in [-0.15, -0.1) is 0 Å². The van der Waals surface area contributed by atoms with Crippen LogP contribution in [0.2, 0.25) is 0 Å². The number of Topliss-reactive ketones (excluding diaryl/α,β-unsaturated/α-hetero) is 1. The lowest BCUT2D eigenvalue weighted by Crippen LogP contribution is -2.13. The molecule has 1 rings (SSSR count). The molecule has 0 aromatic carbocycles. The van der Waals surface area contributed by atoms with E-state index in [0.717, 1.165) is 38.5 Å². The van der Waals surface area contributed by atoms with Crippen molar-refractivity contribution in [1.29, 1.82) is 0 Å². The highest BCUT2D eigenvalue weighted by Crippen LogP contribution is 2.33. The zero-order valence-corrected chi connectivity index (χ0v) is 13.8. The Bertz CT molecular complexity index is 411. The average molecular weight is 308 g/mol. The molecule has 1 fully saturated rings. The molecule has 0 amide bonds. The van der Waals surface area contributed by atoms with E-state index < -0.39 is 0 Å². The molecule has 124 valence electrons. The van der Waals surface area contributed by atoms with Gasteiger partial charge in [0.1, 0.15) is 5.78 Å². The van der Waals surface area contributed by atoms with Crippen molar-refractivity contribution in [2.75, 3.05) is 6.61 Å². The van der Waals surface area contributed by atoms with Crippen molar-refractivity contribution >= 4 is 17.5 Å². The lowest BCUT2D eigenvalue weighted by Gasteiger charge is -2.14. The van der Waals surface area contributed by atoms with Gasteiger partial charge in [0, 0.05) is 18.8 Å². The minimum atomic E-state index is -0.122. The molecule has 4 heteroatoms. The summed E-state index contributed by atoms with van der Waals surface area (Å²) in [5.41, 5.74) is 0. The topological polar surface area (TPSA) is 60.4 Å². The molecule has 22 heavy (non-hydrogen) atoms. The monoisotopic (exact) mass is 308 g/mol. The summed E-state index contributed by atoms with van der Waals surface area (Å²) in [6.45, 7) is 3.79. The van der Waals surface area contributed by atoms with E-state index in [9.17, 15) is 14.4 Å². The van der Waals surface area contributed by atoms with Crippen LogP contribution >= 0.6 is 0 Å². The minimum Gasteiger partial charge on any atom is -0.466 e. The summed E-state index contributed by atoms with van der Waals surface area (Å²) in [6.07, 6.45) is 10.3. The fourth-order valence-electron chi connectivity index (χ4n) is 3.02. The first-order valence-corrected chi connectivity index (χ1v) is 8.41. The quantitative estimate of drug-likeness (QED) is 0.351. The van der Waals surface area contributed by atoms with Crippen LogP contribution in [-0.2, 0) is 19.1 Å². The van der Waals surface area contributed by atoms with Crippen LogP contribution in [0.15, 0.2) is 12.2 Å². The van der Waals surface area contributed by atoms with Gasteiger partial charge >= 0.3 is 5.97 Å². The number of hydrogen-bond acceptors (Lipinski definition) is 4. The van der Waals surface area contributed by atoms with Gasteiger partial charge in [0.25, 0.3) is 0 Å². The van der Waals surface area contributed by atoms with Gasteiger partial charge in [-0.1, -0.05) is 25.3 Å². The highest BCUT2D eigenvalue weighted by atomic mass is 16.5. The number of carbonyl (C=O) groups excluding carboxylic acids is 3. The summed E-state index contributed by atoms with van der Waals surface area (Å²) in [6, 6.07) is 0. The first kappa shape index (κ1) is 18.6. The highest BCUT2D eigenvalue weighted by molar-refractivity contribution is 5.88. The Labute approximate surface area is 133 Å². The van der Waals surface area contributed by atoms with Crippen molar-refractivity contribution < 1.29 is 19.1 Å². The molecule has 0 N–H and O–H groups in total. The molecule has 1 aliphatic carbocycles. The van der Waals surface area contributed by atoms with Crippen LogP contribution in [0.5, 0.6) is 0 Å². The van der Waals surface area contributed by atoms with Gasteiger partial charge in [0.05, 0.1) is 6.61 Å². The molecule has 4 nitrogen and oxygen atoms in total. The second-order valence-corrected chi connectivity index (χ2v) is 6.00. The summed E-state index contributed by atoms with van der Waals surface area (Å²) in [5.74, 6) is 0.571. The van der Waals surface area contributed by atoms with Crippen LogP contribution in [0.3, 0.4) is 0 Å². The Morgan fingerprint density at radius 3 is 2.64 bits per heavy atom. The number of carbonyl (C=O) groups is 3. The Kier molecular flexibility index (Phi) is 8.71. The van der Waals surface area contributed by atoms with Crippen molar-refractivity contribution in [3.8, 4) is 0 Å². The maximum Gasteiger partial charge on any atom is 0.305 e. The van der Waals surface area contributed by atoms with Gasteiger partial charge in [0.2, 0.25) is 0 Å². The zero-order valence-electron chi connectivity index (χ0n) is 13.8. The zero-order chi connectivity index (χ0) is 16.4. The number of unbranched alkanes of at least 4 members (excludes halogenated alkanes) is 3. The second-order valence-electron chi connectivity index (χ2n) is 6.00. The van der Waals surface area contributed by atoms with Crippen LogP contribution in [-0.4, -0.2) is 24.1 Å². The number of esters is 1. The molecular formula is C18H28O4. The lowest BCUT2D eigenvalue weighted by molar-refractivity contribution is -0.143. The summed E-state index contributed by atoms with van der Waals surface area (Å²) in [4.78, 5) is 34.1. The summed E-state index contributed by atoms with van der Waals surface area (Å²) >= 11 is 0. The van der Waals surface area contributed by atoms with Crippen molar-refractivity contribution in [3.63, 3.8) is 0 Å². The maximum absolute atomic E-state index is 11.9. The Morgan fingerprint density at radius 1 is 1.23 bits per heavy atom. The van der Waals surface area contributed by atoms with E-state index in [2.05, 4.69) is 0 Å². The number of ether oxygens (including phenoxy) is 1. The Balaban J connectivity index is 2.20. The third kappa shape index (κ3) is 7.01. The van der Waals surface area contributed by atoms with Crippen LogP contribution in [0.4, 0.5) is 0 Å². The minimum absolute atomic E-state index is 0.0389. The normalized spacial score (nSPS) is 21.5. The van der Waals surface area contributed by atoms with Crippen molar-refractivity contribution in [1.82, 2.24) is 0 Å². The van der Waals surface area contributed by atoms with E-state index in [-0.39, 0.29) is 23.6 Å². The third-order valence-electron chi connectivity index (χ3n) is 4.18. The summed E-state index contributed by atoms with van der Waals surface area (Å²) < 4.78 is 4.89. The largest absolute Gasteiger partial charge is 0.466 e. The van der Waals surface area contributed by atoms with Gasteiger partial charge in [-0.25, -0.2) is 0 Å². The van der Waals surface area contributed by atoms with Crippen LogP contribution in [0.25, 0.3) is 0 Å². The van der Waals surface area contributed by atoms with E-state index in [1.54, 1.807) is 6.08 Å². The van der Waals surface area contributed by atoms with Gasteiger partial charge in [-0.2, -0.15) is 0 Å². The molecule has 0 aliphatic heterocycles. The van der Waals surface area contributed by atoms with Crippen LogP contribution < -0.4 is 0 Å². The fourth-order valence-corrected chi connectivity index (χ4v) is 3.02. The molecule has 0 bridgehead atoms. The Hall–Kier alpha value is -1.45. The summed E-state index contributed by atoms with van der Waals surface area (Å²) in [7, 11) is 0. The first-order valence-electron chi connectivity index (χ1n) is 8.41. The van der Waals surface area contributed by atoms with Crippen molar-refractivity contribution in [3.05, 3.63) is 12.2 Å². The number of hydrogen-bond donors (Lipinski definition) is 0. The van der Waals surface area contributed by atoms with Gasteiger partial charge in [-0.05, 0) is 45.1 Å². The smallest absolute Gasteiger partial charge is 0.305 e. The molecule has 0 aromatic rings. The number of allylic oxidation sites excluding steroid dienone is 2. The second kappa shape index (κ2) is 10.3. The van der Waals surface area contributed by atoms with Crippen LogP contribution in [0.1, 0.15) is 65.2 Å². The molecule has 1 saturated carbocycles. The van der Waals surface area contributed by atoms with Crippen molar-refractivity contribution in [2.45, 2.75) is 65.2 Å². The molecule has 0 heterocycles. The van der Waals surface area contributed by atoms with E-state index in [0.29, 0.717) is 25.2 Å². The molecular weight excluding hydrogens is 280 g/mol. The molecule has 0 saturated heterocycles. The van der Waals surface area contributed by atoms with Gasteiger partial charge < -0.3 is 4.74 Å². The molecule has 0 unspecified atom stereocenters. The molecule has 0 spiro atoms. The van der Waals surface area contributed by atoms with E-state index in [1.807, 2.05) is 13.0 Å². The highest BCUT2D eigenvalue weighted by Gasteiger charge is 2.32. The fraction of sp³-hybridized carbons (Fsp3) is 0.722. The van der Waals surface area contributed by atoms with E-state index in [4.69, 9.17) is 4.74 Å². The van der Waals surface area contributed by atoms with Gasteiger partial charge in [-0.3, -0.25) is 14.4 Å². The number of ketones is 2. The van der Waals surface area contributed by atoms with E-state index >= 15 is 0 Å². The Morgan fingerprint density at radius 2 is 1.95 bits per heavy atom. The standard InChI is InChI=1S/C18H28O4/c1-3-22-18(21)9-7-5-4-6-8-16-15(11-10-14(2)19)12-13-17(16)20/h10-11,15-16H,3-9,12-13H2,1-2H3/b11-10+/t15-,16-/m0/s1. The van der Waals surface area contributed by atoms with E-state index in [1.165, 1.54) is 6.92 Å². The summed E-state index contributed by atoms with van der Waals surface area (Å²) in [5, 5.41) is 0. The predicted molar refractivity (Wildman–Crippen MR) is 85.4 cm³/mol. The molecule has 1 aliphatic rings. The van der Waals surface area contributed by atoms with Crippen LogP contribution in [0, 0.1) is 11.8 Å². The van der Waals surface area contributed by atoms with Crippen molar-refractivity contribution in [2.24, 2.45) is 11.8 Å². The predicted octanol–water partition coefficient (Wildman–Crippen LogP) is 3.63. The average Bonchev–Trinajstić information content (AvgIpc) is 2.81. The number of rotatable bonds is 10. The lowest BCUT2D eigenvalue weighted by atomic mass is 9.89. The van der Waals surface area contributed by atoms with Gasteiger partial charge in [0.15, 0.2) is 5.78 Å². The SMILES string of the molecule is CCOC(=O)CCCCCC[C@@H]1C(=O)CC[C@@H]1/C=C/C(C)=O. The molecule has 2 atom stereocenters. The maximum atomic E-state index is 11.9.